The van der Waals surface area contributed by atoms with Crippen LogP contribution in [0, 0.1) is 13.8 Å². The summed E-state index contributed by atoms with van der Waals surface area (Å²) in [6.07, 6.45) is 0.947. The number of carbonyl (C=O) groups is 1. The zero-order chi connectivity index (χ0) is 17.2. The summed E-state index contributed by atoms with van der Waals surface area (Å²) in [6.45, 7) is 10.7. The summed E-state index contributed by atoms with van der Waals surface area (Å²) in [5.41, 5.74) is 4.38. The van der Waals surface area contributed by atoms with Gasteiger partial charge in [0.25, 0.3) is 0 Å². The molecule has 2 aromatic carbocycles. The SMILES string of the molecule is COc1c(C)cc(C(C)(C)C)cc1Pc1ccc(C)cc1C=O. The average molecular weight is 328 g/mol. The topological polar surface area (TPSA) is 26.3 Å². The van der Waals surface area contributed by atoms with Crippen molar-refractivity contribution in [3.8, 4) is 5.75 Å². The number of ether oxygens (including phenoxy) is 1. The summed E-state index contributed by atoms with van der Waals surface area (Å²) in [6, 6.07) is 10.5. The Morgan fingerprint density at radius 1 is 1.04 bits per heavy atom. The Hall–Kier alpha value is -1.66. The number of carbonyl (C=O) groups excluding carboxylic acids is 1. The molecule has 2 aromatic rings. The largest absolute Gasteiger partial charge is 0.496 e. The highest BCUT2D eigenvalue weighted by molar-refractivity contribution is 7.56. The number of aryl methyl sites for hydroxylation is 2. The van der Waals surface area contributed by atoms with Crippen LogP contribution >= 0.6 is 8.58 Å². The van der Waals surface area contributed by atoms with E-state index in [1.54, 1.807) is 7.11 Å². The van der Waals surface area contributed by atoms with Gasteiger partial charge in [0.1, 0.15) is 5.75 Å². The molecule has 0 spiro atoms. The second kappa shape index (κ2) is 6.84. The minimum absolute atomic E-state index is 0.0804. The molecule has 2 rings (SSSR count). The first-order valence-corrected chi connectivity index (χ1v) is 8.78. The maximum absolute atomic E-state index is 11.4. The Kier molecular flexibility index (Phi) is 5.26. The maximum Gasteiger partial charge on any atom is 0.150 e. The zero-order valence-electron chi connectivity index (χ0n) is 14.8. The van der Waals surface area contributed by atoms with Crippen LogP contribution in [0.15, 0.2) is 30.3 Å². The van der Waals surface area contributed by atoms with E-state index >= 15 is 0 Å². The number of hydrogen-bond acceptors (Lipinski definition) is 2. The number of benzene rings is 2. The van der Waals surface area contributed by atoms with Crippen molar-refractivity contribution in [1.29, 1.82) is 0 Å². The fourth-order valence-electron chi connectivity index (χ4n) is 2.61. The molecule has 0 aliphatic heterocycles. The minimum atomic E-state index is 0.0804. The first kappa shape index (κ1) is 17.7. The van der Waals surface area contributed by atoms with Gasteiger partial charge in [-0.1, -0.05) is 53.1 Å². The van der Waals surface area contributed by atoms with Crippen molar-refractivity contribution in [1.82, 2.24) is 0 Å². The lowest BCUT2D eigenvalue weighted by molar-refractivity contribution is 0.112. The Morgan fingerprint density at radius 3 is 2.30 bits per heavy atom. The van der Waals surface area contributed by atoms with Crippen molar-refractivity contribution >= 4 is 25.5 Å². The van der Waals surface area contributed by atoms with Crippen LogP contribution in [0.2, 0.25) is 0 Å². The van der Waals surface area contributed by atoms with Crippen LogP contribution in [0.3, 0.4) is 0 Å². The molecular formula is C20H25O2P. The van der Waals surface area contributed by atoms with E-state index in [1.807, 2.05) is 13.0 Å². The molecule has 122 valence electrons. The highest BCUT2D eigenvalue weighted by atomic mass is 31.1. The van der Waals surface area contributed by atoms with Crippen LogP contribution < -0.4 is 15.3 Å². The molecule has 1 unspecified atom stereocenters. The molecule has 0 fully saturated rings. The molecule has 1 atom stereocenters. The third kappa shape index (κ3) is 4.00. The van der Waals surface area contributed by atoms with Gasteiger partial charge in [-0.25, -0.2) is 0 Å². The standard InChI is InChI=1S/C20H25O2P/c1-13-7-8-17(15(9-13)12-21)23-18-11-16(20(3,4)5)10-14(2)19(18)22-6/h7-12,23H,1-6H3. The van der Waals surface area contributed by atoms with Crippen LogP contribution in [-0.2, 0) is 5.41 Å². The molecule has 0 N–H and O–H groups in total. The van der Waals surface area contributed by atoms with E-state index in [4.69, 9.17) is 4.74 Å². The Morgan fingerprint density at radius 2 is 1.74 bits per heavy atom. The van der Waals surface area contributed by atoms with E-state index in [1.165, 1.54) is 5.56 Å². The van der Waals surface area contributed by atoms with Gasteiger partial charge in [0.2, 0.25) is 0 Å². The number of methoxy groups -OCH3 is 1. The second-order valence-corrected chi connectivity index (χ2v) is 8.28. The predicted octanol–water partition coefficient (Wildman–Crippen LogP) is 4.05. The van der Waals surface area contributed by atoms with Gasteiger partial charge in [0.15, 0.2) is 6.29 Å². The molecular weight excluding hydrogens is 303 g/mol. The van der Waals surface area contributed by atoms with E-state index < -0.39 is 0 Å². The van der Waals surface area contributed by atoms with Crippen LogP contribution in [-0.4, -0.2) is 13.4 Å². The predicted molar refractivity (Wildman–Crippen MR) is 101 cm³/mol. The minimum Gasteiger partial charge on any atom is -0.496 e. The lowest BCUT2D eigenvalue weighted by Crippen LogP contribution is -2.17. The van der Waals surface area contributed by atoms with E-state index in [2.05, 4.69) is 52.0 Å². The first-order valence-electron chi connectivity index (χ1n) is 7.78. The summed E-state index contributed by atoms with van der Waals surface area (Å²) in [4.78, 5) is 11.4. The van der Waals surface area contributed by atoms with Crippen molar-refractivity contribution in [2.45, 2.75) is 40.0 Å². The average Bonchev–Trinajstić information content (AvgIpc) is 2.47. The van der Waals surface area contributed by atoms with Crippen LogP contribution in [0.5, 0.6) is 5.75 Å². The fraction of sp³-hybridized carbons (Fsp3) is 0.350. The summed E-state index contributed by atoms with van der Waals surface area (Å²) in [5, 5.41) is 2.22. The summed E-state index contributed by atoms with van der Waals surface area (Å²) in [7, 11) is 2.11. The Labute approximate surface area is 141 Å². The van der Waals surface area contributed by atoms with Crippen LogP contribution in [0.1, 0.15) is 47.8 Å². The van der Waals surface area contributed by atoms with Gasteiger partial charge < -0.3 is 4.74 Å². The molecule has 23 heavy (non-hydrogen) atoms. The van der Waals surface area contributed by atoms with E-state index in [0.717, 1.165) is 39.3 Å². The van der Waals surface area contributed by atoms with Gasteiger partial charge >= 0.3 is 0 Å². The van der Waals surface area contributed by atoms with Crippen molar-refractivity contribution in [2.24, 2.45) is 0 Å². The Bertz CT molecular complexity index is 727. The smallest absolute Gasteiger partial charge is 0.150 e. The molecule has 0 aromatic heterocycles. The molecule has 3 heteroatoms. The molecule has 0 bridgehead atoms. The van der Waals surface area contributed by atoms with E-state index in [0.29, 0.717) is 8.58 Å². The fourth-order valence-corrected chi connectivity index (χ4v) is 3.98. The zero-order valence-corrected chi connectivity index (χ0v) is 15.8. The normalized spacial score (nSPS) is 11.9. The van der Waals surface area contributed by atoms with Gasteiger partial charge in [-0.3, -0.25) is 4.79 Å². The van der Waals surface area contributed by atoms with Crippen LogP contribution in [0.4, 0.5) is 0 Å². The van der Waals surface area contributed by atoms with E-state index in [9.17, 15) is 4.79 Å². The Balaban J connectivity index is 2.54. The third-order valence-corrected chi connectivity index (χ3v) is 5.31. The van der Waals surface area contributed by atoms with Gasteiger partial charge in [-0.15, -0.1) is 0 Å². The lowest BCUT2D eigenvalue weighted by atomic mass is 9.86. The molecule has 0 saturated heterocycles. The monoisotopic (exact) mass is 328 g/mol. The molecule has 0 amide bonds. The lowest BCUT2D eigenvalue weighted by Gasteiger charge is -2.23. The van der Waals surface area contributed by atoms with Crippen molar-refractivity contribution in [2.75, 3.05) is 7.11 Å². The molecule has 0 aliphatic rings. The van der Waals surface area contributed by atoms with Gasteiger partial charge in [0, 0.05) is 10.9 Å². The summed E-state index contributed by atoms with van der Waals surface area (Å²) < 4.78 is 5.63. The van der Waals surface area contributed by atoms with Crippen molar-refractivity contribution < 1.29 is 9.53 Å². The van der Waals surface area contributed by atoms with Crippen molar-refractivity contribution in [3.63, 3.8) is 0 Å². The molecule has 0 heterocycles. The molecule has 2 nitrogen and oxygen atoms in total. The number of hydrogen-bond donors (Lipinski definition) is 0. The third-order valence-electron chi connectivity index (χ3n) is 3.95. The first-order chi connectivity index (χ1) is 10.8. The maximum atomic E-state index is 11.4. The number of aldehydes is 1. The summed E-state index contributed by atoms with van der Waals surface area (Å²) >= 11 is 0. The highest BCUT2D eigenvalue weighted by Crippen LogP contribution is 2.30. The second-order valence-electron chi connectivity index (χ2n) is 6.96. The van der Waals surface area contributed by atoms with E-state index in [-0.39, 0.29) is 5.41 Å². The number of rotatable bonds is 4. The molecule has 0 aliphatic carbocycles. The quantitative estimate of drug-likeness (QED) is 0.625. The highest BCUT2D eigenvalue weighted by Gasteiger charge is 2.18. The van der Waals surface area contributed by atoms with Crippen LogP contribution in [0.25, 0.3) is 0 Å². The van der Waals surface area contributed by atoms with Gasteiger partial charge in [-0.2, -0.15) is 0 Å². The molecule has 0 saturated carbocycles. The summed E-state index contributed by atoms with van der Waals surface area (Å²) in [5.74, 6) is 0.925. The van der Waals surface area contributed by atoms with Gasteiger partial charge in [0.05, 0.1) is 7.11 Å². The van der Waals surface area contributed by atoms with Gasteiger partial charge in [-0.05, 0) is 47.8 Å². The molecule has 0 radical (unpaired) electrons. The van der Waals surface area contributed by atoms with Crippen molar-refractivity contribution in [3.05, 3.63) is 52.6 Å².